The Labute approximate surface area is 104 Å². The first-order valence-electron chi connectivity index (χ1n) is 5.80. The van der Waals surface area contributed by atoms with Gasteiger partial charge in [0.2, 0.25) is 0 Å². The maximum atomic E-state index is 5.73. The highest BCUT2D eigenvalue weighted by atomic mass is 16.5. The fourth-order valence-corrected chi connectivity index (χ4v) is 1.81. The topological polar surface area (TPSA) is 27.7 Å². The van der Waals surface area contributed by atoms with Crippen LogP contribution in [0.15, 0.2) is 30.3 Å². The summed E-state index contributed by atoms with van der Waals surface area (Å²) in [5.41, 5.74) is 1.10. The molecule has 0 unspecified atom stereocenters. The summed E-state index contributed by atoms with van der Waals surface area (Å²) in [7, 11) is 3.40. The molecule has 0 atom stereocenters. The summed E-state index contributed by atoms with van der Waals surface area (Å²) >= 11 is 0. The van der Waals surface area contributed by atoms with Gasteiger partial charge in [0, 0.05) is 19.6 Å². The summed E-state index contributed by atoms with van der Waals surface area (Å²) in [6.45, 7) is 4.63. The lowest BCUT2D eigenvalue weighted by molar-refractivity contribution is -0.0440. The van der Waals surface area contributed by atoms with Crippen molar-refractivity contribution in [2.24, 2.45) is 5.41 Å². The van der Waals surface area contributed by atoms with Gasteiger partial charge in [-0.2, -0.15) is 0 Å². The van der Waals surface area contributed by atoms with Crippen LogP contribution in [-0.4, -0.2) is 34.0 Å². The first-order valence-corrected chi connectivity index (χ1v) is 5.80. The smallest absolute Gasteiger partial charge is 0.0717 e. The summed E-state index contributed by atoms with van der Waals surface area (Å²) in [6.07, 6.45) is 0. The van der Waals surface area contributed by atoms with Crippen molar-refractivity contribution in [3.63, 3.8) is 0 Å². The number of ether oxygens (including phenoxy) is 3. The minimum absolute atomic E-state index is 0.0850. The van der Waals surface area contributed by atoms with Crippen molar-refractivity contribution in [3.8, 4) is 0 Å². The van der Waals surface area contributed by atoms with Gasteiger partial charge in [-0.1, -0.05) is 37.3 Å². The fraction of sp³-hybridized carbons (Fsp3) is 0.571. The zero-order valence-electron chi connectivity index (χ0n) is 10.9. The lowest BCUT2D eigenvalue weighted by Crippen LogP contribution is -2.33. The molecule has 0 spiro atoms. The van der Waals surface area contributed by atoms with Gasteiger partial charge < -0.3 is 14.2 Å². The first-order chi connectivity index (χ1) is 8.20. The summed E-state index contributed by atoms with van der Waals surface area (Å²) in [5, 5.41) is 0. The van der Waals surface area contributed by atoms with Crippen LogP contribution in [0.5, 0.6) is 0 Å². The molecule has 1 aromatic rings. The molecule has 96 valence electrons. The first kappa shape index (κ1) is 14.2. The van der Waals surface area contributed by atoms with Crippen molar-refractivity contribution >= 4 is 0 Å². The molecule has 0 N–H and O–H groups in total. The van der Waals surface area contributed by atoms with E-state index in [4.69, 9.17) is 14.2 Å². The molecule has 0 fully saturated rings. The quantitative estimate of drug-likeness (QED) is 0.696. The van der Waals surface area contributed by atoms with Gasteiger partial charge in [0.15, 0.2) is 0 Å². The summed E-state index contributed by atoms with van der Waals surface area (Å²) in [4.78, 5) is 0. The van der Waals surface area contributed by atoms with E-state index in [-0.39, 0.29) is 5.41 Å². The van der Waals surface area contributed by atoms with Crippen molar-refractivity contribution < 1.29 is 14.2 Å². The van der Waals surface area contributed by atoms with E-state index in [1.54, 1.807) is 14.2 Å². The van der Waals surface area contributed by atoms with Crippen LogP contribution in [0.2, 0.25) is 0 Å². The highest BCUT2D eigenvalue weighted by molar-refractivity contribution is 5.13. The van der Waals surface area contributed by atoms with Crippen molar-refractivity contribution in [2.45, 2.75) is 13.5 Å². The Bertz CT molecular complexity index is 292. The van der Waals surface area contributed by atoms with E-state index in [0.717, 1.165) is 0 Å². The summed E-state index contributed by atoms with van der Waals surface area (Å²) in [6, 6.07) is 10.2. The van der Waals surface area contributed by atoms with Crippen LogP contribution in [0.3, 0.4) is 0 Å². The highest BCUT2D eigenvalue weighted by Gasteiger charge is 2.24. The fourth-order valence-electron chi connectivity index (χ4n) is 1.81. The third-order valence-electron chi connectivity index (χ3n) is 2.55. The average molecular weight is 238 g/mol. The monoisotopic (exact) mass is 238 g/mol. The number of rotatable bonds is 8. The minimum atomic E-state index is -0.0850. The number of hydrogen-bond donors (Lipinski definition) is 0. The number of methoxy groups -OCH3 is 2. The molecule has 0 aromatic heterocycles. The van der Waals surface area contributed by atoms with Crippen LogP contribution in [0, 0.1) is 5.41 Å². The van der Waals surface area contributed by atoms with Crippen molar-refractivity contribution in [1.82, 2.24) is 0 Å². The van der Waals surface area contributed by atoms with Gasteiger partial charge in [-0.25, -0.2) is 0 Å². The molecule has 3 heteroatoms. The third-order valence-corrected chi connectivity index (χ3v) is 2.55. The van der Waals surface area contributed by atoms with Crippen molar-refractivity contribution in [2.75, 3.05) is 34.0 Å². The predicted molar refractivity (Wildman–Crippen MR) is 68.0 cm³/mol. The van der Waals surface area contributed by atoms with Crippen molar-refractivity contribution in [1.29, 1.82) is 0 Å². The molecule has 1 aromatic carbocycles. The molecule has 0 aliphatic carbocycles. The van der Waals surface area contributed by atoms with Gasteiger partial charge in [0.05, 0.1) is 26.4 Å². The van der Waals surface area contributed by atoms with Gasteiger partial charge in [-0.05, 0) is 5.56 Å². The average Bonchev–Trinajstić information content (AvgIpc) is 2.31. The molecule has 3 nitrogen and oxygen atoms in total. The molecule has 0 radical (unpaired) electrons. The second kappa shape index (κ2) is 7.43. The second-order valence-corrected chi connectivity index (χ2v) is 4.66. The van der Waals surface area contributed by atoms with E-state index >= 15 is 0 Å². The molecule has 0 aliphatic heterocycles. The van der Waals surface area contributed by atoms with Crippen LogP contribution in [-0.2, 0) is 20.8 Å². The zero-order chi connectivity index (χ0) is 12.6. The molecule has 0 bridgehead atoms. The Morgan fingerprint density at radius 3 is 2.06 bits per heavy atom. The maximum Gasteiger partial charge on any atom is 0.0717 e. The third kappa shape index (κ3) is 5.31. The van der Waals surface area contributed by atoms with E-state index < -0.39 is 0 Å². The van der Waals surface area contributed by atoms with E-state index in [1.807, 2.05) is 18.2 Å². The lowest BCUT2D eigenvalue weighted by Gasteiger charge is -2.27. The van der Waals surface area contributed by atoms with Crippen LogP contribution in [0.25, 0.3) is 0 Å². The van der Waals surface area contributed by atoms with Gasteiger partial charge in [-0.15, -0.1) is 0 Å². The molecular formula is C14H22O3. The predicted octanol–water partition coefficient (Wildman–Crippen LogP) is 2.50. The van der Waals surface area contributed by atoms with Gasteiger partial charge in [0.1, 0.15) is 0 Å². The van der Waals surface area contributed by atoms with Crippen LogP contribution in [0.4, 0.5) is 0 Å². The Morgan fingerprint density at radius 2 is 1.53 bits per heavy atom. The van der Waals surface area contributed by atoms with E-state index in [0.29, 0.717) is 26.4 Å². The van der Waals surface area contributed by atoms with Crippen LogP contribution < -0.4 is 0 Å². The van der Waals surface area contributed by atoms with E-state index in [1.165, 1.54) is 5.56 Å². The van der Waals surface area contributed by atoms with E-state index in [2.05, 4.69) is 19.1 Å². The highest BCUT2D eigenvalue weighted by Crippen LogP contribution is 2.18. The summed E-state index contributed by atoms with van der Waals surface area (Å²) in [5.74, 6) is 0. The molecule has 0 amide bonds. The molecule has 0 heterocycles. The maximum absolute atomic E-state index is 5.73. The second-order valence-electron chi connectivity index (χ2n) is 4.66. The zero-order valence-corrected chi connectivity index (χ0v) is 10.9. The Morgan fingerprint density at radius 1 is 0.941 bits per heavy atom. The number of benzene rings is 1. The molecular weight excluding hydrogens is 216 g/mol. The van der Waals surface area contributed by atoms with Crippen molar-refractivity contribution in [3.05, 3.63) is 35.9 Å². The molecule has 0 aliphatic rings. The lowest BCUT2D eigenvalue weighted by atomic mass is 9.94. The van der Waals surface area contributed by atoms with Gasteiger partial charge >= 0.3 is 0 Å². The van der Waals surface area contributed by atoms with Crippen LogP contribution in [0.1, 0.15) is 12.5 Å². The Balaban J connectivity index is 2.37. The molecule has 17 heavy (non-hydrogen) atoms. The van der Waals surface area contributed by atoms with Gasteiger partial charge in [0.25, 0.3) is 0 Å². The SMILES string of the molecule is COCC(C)(COC)COCc1ccccc1. The normalized spacial score (nSPS) is 11.7. The van der Waals surface area contributed by atoms with Gasteiger partial charge in [-0.3, -0.25) is 0 Å². The Kier molecular flexibility index (Phi) is 6.19. The molecule has 1 rings (SSSR count). The number of hydrogen-bond acceptors (Lipinski definition) is 3. The molecule has 0 saturated carbocycles. The standard InChI is InChI=1S/C14H22O3/c1-14(10-15-2,11-16-3)12-17-9-13-7-5-4-6-8-13/h4-8H,9-12H2,1-3H3. The summed E-state index contributed by atoms with van der Waals surface area (Å²) < 4.78 is 16.1. The Hall–Kier alpha value is -0.900. The minimum Gasteiger partial charge on any atom is -0.384 e. The van der Waals surface area contributed by atoms with E-state index in [9.17, 15) is 0 Å². The largest absolute Gasteiger partial charge is 0.384 e. The molecule has 0 saturated heterocycles. The van der Waals surface area contributed by atoms with Crippen LogP contribution >= 0.6 is 0 Å².